The summed E-state index contributed by atoms with van der Waals surface area (Å²) < 4.78 is 5.23. The summed E-state index contributed by atoms with van der Waals surface area (Å²) in [5, 5.41) is 11.9. The molecule has 1 aromatic carbocycles. The molecule has 4 fully saturated rings. The Bertz CT molecular complexity index is 679. The third-order valence-electron chi connectivity index (χ3n) is 6.04. The second-order valence-electron chi connectivity index (χ2n) is 8.04. The fraction of sp³-hybridized carbons (Fsp3) is 0.524. The third-order valence-corrected chi connectivity index (χ3v) is 6.04. The fourth-order valence-electron chi connectivity index (χ4n) is 5.53. The monoisotopic (exact) mass is 336 g/mol. The summed E-state index contributed by atoms with van der Waals surface area (Å²) in [6.07, 6.45) is 11.1. The summed E-state index contributed by atoms with van der Waals surface area (Å²) in [4.78, 5) is 12.5. The van der Waals surface area contributed by atoms with Crippen molar-refractivity contribution in [1.82, 2.24) is 5.32 Å². The topological polar surface area (TPSA) is 62.1 Å². The minimum absolute atomic E-state index is 0.0201. The number of hydrogen-bond donors (Lipinski definition) is 1. The highest BCUT2D eigenvalue weighted by molar-refractivity contribution is 5.92. The van der Waals surface area contributed by atoms with Crippen molar-refractivity contribution in [3.05, 3.63) is 35.9 Å². The predicted octanol–water partition coefficient (Wildman–Crippen LogP) is 3.69. The average Bonchev–Trinajstić information content (AvgIpc) is 2.57. The highest BCUT2D eigenvalue weighted by Gasteiger charge is 2.51. The number of hydrogen-bond acceptors (Lipinski definition) is 3. The van der Waals surface area contributed by atoms with Crippen LogP contribution in [0, 0.1) is 29.1 Å². The van der Waals surface area contributed by atoms with E-state index in [0.29, 0.717) is 5.75 Å². The van der Waals surface area contributed by atoms with Crippen molar-refractivity contribution in [2.75, 3.05) is 6.61 Å². The third kappa shape index (κ3) is 3.56. The molecule has 0 unspecified atom stereocenters. The summed E-state index contributed by atoms with van der Waals surface area (Å²) in [6.45, 7) is 0.0443. The summed E-state index contributed by atoms with van der Waals surface area (Å²) in [7, 11) is 0. The molecule has 130 valence electrons. The Balaban J connectivity index is 1.36. The number of amides is 1. The van der Waals surface area contributed by atoms with Crippen LogP contribution >= 0.6 is 0 Å². The van der Waals surface area contributed by atoms with Crippen molar-refractivity contribution in [2.45, 2.75) is 44.1 Å². The lowest BCUT2D eigenvalue weighted by Gasteiger charge is -2.56. The first-order chi connectivity index (χ1) is 12.1. The van der Waals surface area contributed by atoms with Crippen LogP contribution in [-0.4, -0.2) is 18.1 Å². The average molecular weight is 336 g/mol. The van der Waals surface area contributed by atoms with Crippen LogP contribution in [0.15, 0.2) is 30.3 Å². The van der Waals surface area contributed by atoms with E-state index in [1.807, 2.05) is 36.4 Å². The van der Waals surface area contributed by atoms with Crippen LogP contribution in [0.5, 0.6) is 5.75 Å². The van der Waals surface area contributed by atoms with Crippen LogP contribution in [0.2, 0.25) is 0 Å². The van der Waals surface area contributed by atoms with Crippen molar-refractivity contribution in [2.24, 2.45) is 17.8 Å². The number of benzene rings is 1. The van der Waals surface area contributed by atoms with Crippen molar-refractivity contribution in [1.29, 1.82) is 5.26 Å². The van der Waals surface area contributed by atoms with Crippen molar-refractivity contribution in [3.63, 3.8) is 0 Å². The lowest BCUT2D eigenvalue weighted by Crippen LogP contribution is -2.59. The van der Waals surface area contributed by atoms with Crippen molar-refractivity contribution >= 4 is 12.0 Å². The van der Waals surface area contributed by atoms with Crippen LogP contribution in [0.1, 0.15) is 44.1 Å². The summed E-state index contributed by atoms with van der Waals surface area (Å²) in [6, 6.07) is 9.35. The first kappa shape index (κ1) is 16.2. The number of nitrogens with zero attached hydrogens (tertiary/aromatic N) is 1. The molecule has 1 aromatic rings. The molecule has 0 saturated heterocycles. The molecule has 1 N–H and O–H groups in total. The number of nitrogens with one attached hydrogen (secondary N) is 1. The minimum Gasteiger partial charge on any atom is -0.479 e. The Kier molecular flexibility index (Phi) is 4.25. The van der Waals surface area contributed by atoms with E-state index in [9.17, 15) is 4.79 Å². The van der Waals surface area contributed by atoms with Gasteiger partial charge in [0.2, 0.25) is 5.91 Å². The molecule has 0 spiro atoms. The van der Waals surface area contributed by atoms with Crippen molar-refractivity contribution in [3.8, 4) is 11.8 Å². The predicted molar refractivity (Wildman–Crippen MR) is 95.6 cm³/mol. The number of nitriles is 1. The van der Waals surface area contributed by atoms with Crippen LogP contribution in [-0.2, 0) is 4.79 Å². The Labute approximate surface area is 148 Å². The van der Waals surface area contributed by atoms with E-state index >= 15 is 0 Å². The molecule has 0 radical (unpaired) electrons. The molecule has 4 nitrogen and oxygen atoms in total. The fourth-order valence-corrected chi connectivity index (χ4v) is 5.53. The lowest BCUT2D eigenvalue weighted by molar-refractivity contribution is -0.122. The normalized spacial score (nSPS) is 32.5. The van der Waals surface area contributed by atoms with E-state index < -0.39 is 0 Å². The maximum atomic E-state index is 12.5. The van der Waals surface area contributed by atoms with Gasteiger partial charge < -0.3 is 10.1 Å². The number of ether oxygens (including phenoxy) is 1. The lowest BCUT2D eigenvalue weighted by atomic mass is 9.53. The van der Waals surface area contributed by atoms with Gasteiger partial charge in [-0.25, -0.2) is 0 Å². The van der Waals surface area contributed by atoms with Gasteiger partial charge in [-0.15, -0.1) is 0 Å². The molecule has 0 aliphatic heterocycles. The zero-order valence-corrected chi connectivity index (χ0v) is 14.4. The van der Waals surface area contributed by atoms with Crippen LogP contribution in [0.4, 0.5) is 0 Å². The SMILES string of the molecule is N#CCOc1ccc(C=CC(=O)NC23CC4CC(CC(C4)C2)C3)cc1. The molecule has 1 amide bonds. The van der Waals surface area contributed by atoms with E-state index in [0.717, 1.165) is 23.3 Å². The molecule has 4 saturated carbocycles. The summed E-state index contributed by atoms with van der Waals surface area (Å²) in [5.74, 6) is 3.17. The minimum atomic E-state index is 0.0201. The van der Waals surface area contributed by atoms with Gasteiger partial charge in [-0.2, -0.15) is 5.26 Å². The number of carbonyl (C=O) groups is 1. The zero-order chi connectivity index (χ0) is 17.3. The van der Waals surface area contributed by atoms with Gasteiger partial charge in [0.15, 0.2) is 6.61 Å². The van der Waals surface area contributed by atoms with Crippen LogP contribution in [0.25, 0.3) is 6.08 Å². The summed E-state index contributed by atoms with van der Waals surface area (Å²) in [5.41, 5.74) is 1.01. The second kappa shape index (κ2) is 6.55. The zero-order valence-electron chi connectivity index (χ0n) is 14.4. The van der Waals surface area contributed by atoms with Gasteiger partial charge in [-0.3, -0.25) is 4.79 Å². The molecular formula is C21H24N2O2. The van der Waals surface area contributed by atoms with Gasteiger partial charge in [0.05, 0.1) is 0 Å². The molecular weight excluding hydrogens is 312 g/mol. The quantitative estimate of drug-likeness (QED) is 0.834. The van der Waals surface area contributed by atoms with E-state index in [4.69, 9.17) is 10.00 Å². The second-order valence-corrected chi connectivity index (χ2v) is 8.04. The van der Waals surface area contributed by atoms with E-state index in [1.54, 1.807) is 6.08 Å². The van der Waals surface area contributed by atoms with Gasteiger partial charge in [-0.1, -0.05) is 12.1 Å². The molecule has 4 bridgehead atoms. The van der Waals surface area contributed by atoms with E-state index in [2.05, 4.69) is 5.32 Å². The Morgan fingerprint density at radius 1 is 1.16 bits per heavy atom. The first-order valence-corrected chi connectivity index (χ1v) is 9.24. The highest BCUT2D eigenvalue weighted by atomic mass is 16.5. The molecule has 4 aliphatic carbocycles. The summed E-state index contributed by atoms with van der Waals surface area (Å²) >= 11 is 0. The molecule has 0 atom stereocenters. The van der Waals surface area contributed by atoms with Crippen molar-refractivity contribution < 1.29 is 9.53 Å². The smallest absolute Gasteiger partial charge is 0.244 e. The first-order valence-electron chi connectivity index (χ1n) is 9.24. The van der Waals surface area contributed by atoms with Gasteiger partial charge in [0, 0.05) is 11.6 Å². The molecule has 4 heteroatoms. The maximum Gasteiger partial charge on any atom is 0.244 e. The van der Waals surface area contributed by atoms with Gasteiger partial charge in [0.25, 0.3) is 0 Å². The van der Waals surface area contributed by atoms with Gasteiger partial charge in [-0.05, 0) is 80.1 Å². The van der Waals surface area contributed by atoms with E-state index in [-0.39, 0.29) is 18.1 Å². The van der Waals surface area contributed by atoms with Crippen LogP contribution in [0.3, 0.4) is 0 Å². The van der Waals surface area contributed by atoms with Crippen LogP contribution < -0.4 is 10.1 Å². The molecule has 0 heterocycles. The largest absolute Gasteiger partial charge is 0.479 e. The molecule has 4 aliphatic rings. The van der Waals surface area contributed by atoms with Gasteiger partial charge in [0.1, 0.15) is 11.8 Å². The Hall–Kier alpha value is -2.28. The Morgan fingerprint density at radius 3 is 2.32 bits per heavy atom. The highest BCUT2D eigenvalue weighted by Crippen LogP contribution is 2.55. The number of carbonyl (C=O) groups excluding carboxylic acids is 1. The Morgan fingerprint density at radius 2 is 1.76 bits per heavy atom. The standard InChI is InChI=1S/C21H24N2O2/c22-7-8-25-19-4-1-15(2-5-19)3-6-20(24)23-21-12-16-9-17(13-21)11-18(10-16)14-21/h1-6,16-18H,8-14H2,(H,23,24). The molecule has 5 rings (SSSR count). The van der Waals surface area contributed by atoms with Gasteiger partial charge >= 0.3 is 0 Å². The maximum absolute atomic E-state index is 12.5. The van der Waals surface area contributed by atoms with E-state index in [1.165, 1.54) is 38.5 Å². The molecule has 25 heavy (non-hydrogen) atoms. The number of rotatable bonds is 5. The molecule has 0 aromatic heterocycles.